The molecule has 0 bridgehead atoms. The van der Waals surface area contributed by atoms with Crippen molar-refractivity contribution in [2.24, 2.45) is 4.99 Å². The number of ether oxygens (including phenoxy) is 1. The Morgan fingerprint density at radius 3 is 2.25 bits per heavy atom. The van der Waals surface area contributed by atoms with Gasteiger partial charge in [0.15, 0.2) is 4.80 Å². The van der Waals surface area contributed by atoms with Crippen molar-refractivity contribution >= 4 is 39.1 Å². The Kier molecular flexibility index (Phi) is 7.20. The number of rotatable bonds is 7. The standard InChI is InChI=1S/C26H25ClN2O2S/c1-3-31-17-16-29-24-18(2)21(27)14-15-22(24)32-26(29)28-25(30)23(19-10-6-4-7-11-19)20-12-8-5-9-13-20/h4-15,23H,3,16-17H2,1-2H3. The van der Waals surface area contributed by atoms with Crippen LogP contribution in [0.3, 0.4) is 0 Å². The first-order chi connectivity index (χ1) is 15.6. The van der Waals surface area contributed by atoms with E-state index in [4.69, 9.17) is 16.3 Å². The third-order valence-electron chi connectivity index (χ3n) is 5.41. The molecule has 0 aliphatic carbocycles. The molecule has 0 saturated heterocycles. The van der Waals surface area contributed by atoms with E-state index >= 15 is 0 Å². The Balaban J connectivity index is 1.85. The Hall–Kier alpha value is -2.73. The predicted molar refractivity (Wildman–Crippen MR) is 131 cm³/mol. The lowest BCUT2D eigenvalue weighted by Gasteiger charge is -2.14. The van der Waals surface area contributed by atoms with Crippen LogP contribution in [-0.4, -0.2) is 23.7 Å². The summed E-state index contributed by atoms with van der Waals surface area (Å²) in [6.07, 6.45) is 0. The minimum atomic E-state index is -0.465. The summed E-state index contributed by atoms with van der Waals surface area (Å²) in [5, 5.41) is 0.699. The Morgan fingerprint density at radius 1 is 1.03 bits per heavy atom. The first-order valence-electron chi connectivity index (χ1n) is 10.6. The molecule has 32 heavy (non-hydrogen) atoms. The van der Waals surface area contributed by atoms with Gasteiger partial charge in [-0.3, -0.25) is 4.79 Å². The molecule has 0 aliphatic rings. The number of nitrogens with zero attached hydrogens (tertiary/aromatic N) is 2. The molecule has 4 rings (SSSR count). The third-order valence-corrected chi connectivity index (χ3v) is 6.86. The first kappa shape index (κ1) is 22.5. The van der Waals surface area contributed by atoms with Crippen LogP contribution in [0.1, 0.15) is 29.5 Å². The van der Waals surface area contributed by atoms with Crippen molar-refractivity contribution in [3.8, 4) is 0 Å². The van der Waals surface area contributed by atoms with Crippen molar-refractivity contribution in [1.82, 2.24) is 4.57 Å². The Morgan fingerprint density at radius 2 is 1.66 bits per heavy atom. The van der Waals surface area contributed by atoms with Gasteiger partial charge in [-0.05, 0) is 42.7 Å². The molecule has 0 fully saturated rings. The fourth-order valence-electron chi connectivity index (χ4n) is 3.84. The molecule has 0 saturated carbocycles. The van der Waals surface area contributed by atoms with Gasteiger partial charge in [-0.15, -0.1) is 0 Å². The van der Waals surface area contributed by atoms with Crippen LogP contribution in [0.25, 0.3) is 10.2 Å². The maximum Gasteiger partial charge on any atom is 0.260 e. The second-order valence-corrected chi connectivity index (χ2v) is 8.87. The molecule has 3 aromatic carbocycles. The summed E-state index contributed by atoms with van der Waals surface area (Å²) >= 11 is 7.91. The first-order valence-corrected chi connectivity index (χ1v) is 11.8. The number of benzene rings is 3. The van der Waals surface area contributed by atoms with Crippen LogP contribution in [0, 0.1) is 6.92 Å². The van der Waals surface area contributed by atoms with Crippen molar-refractivity contribution in [2.45, 2.75) is 26.3 Å². The number of hydrogen-bond donors (Lipinski definition) is 0. The zero-order valence-electron chi connectivity index (χ0n) is 18.1. The van der Waals surface area contributed by atoms with E-state index in [1.165, 1.54) is 11.3 Å². The lowest BCUT2D eigenvalue weighted by molar-refractivity contribution is -0.118. The number of fused-ring (bicyclic) bond motifs is 1. The van der Waals surface area contributed by atoms with E-state index in [1.54, 1.807) is 0 Å². The molecule has 164 valence electrons. The summed E-state index contributed by atoms with van der Waals surface area (Å²) in [5.41, 5.74) is 3.83. The summed E-state index contributed by atoms with van der Waals surface area (Å²) in [4.78, 5) is 18.9. The molecule has 1 amide bonds. The average Bonchev–Trinajstić information content (AvgIpc) is 3.16. The molecule has 6 heteroatoms. The van der Waals surface area contributed by atoms with Crippen LogP contribution in [0.5, 0.6) is 0 Å². The highest BCUT2D eigenvalue weighted by atomic mass is 35.5. The zero-order valence-corrected chi connectivity index (χ0v) is 19.7. The lowest BCUT2D eigenvalue weighted by Crippen LogP contribution is -2.22. The second-order valence-electron chi connectivity index (χ2n) is 7.46. The molecular formula is C26H25ClN2O2S. The molecule has 1 heterocycles. The Labute approximate surface area is 196 Å². The van der Waals surface area contributed by atoms with E-state index < -0.39 is 5.92 Å². The van der Waals surface area contributed by atoms with Gasteiger partial charge < -0.3 is 9.30 Å². The number of halogens is 1. The molecule has 0 N–H and O–H groups in total. The number of carbonyl (C=O) groups is 1. The van der Waals surface area contributed by atoms with Gasteiger partial charge in [0.1, 0.15) is 0 Å². The van der Waals surface area contributed by atoms with Crippen LogP contribution >= 0.6 is 22.9 Å². The second kappa shape index (κ2) is 10.3. The van der Waals surface area contributed by atoms with Gasteiger partial charge in [0.25, 0.3) is 5.91 Å². The molecule has 0 aliphatic heterocycles. The van der Waals surface area contributed by atoms with Crippen LogP contribution in [0.2, 0.25) is 5.02 Å². The number of hydrogen-bond acceptors (Lipinski definition) is 3. The van der Waals surface area contributed by atoms with E-state index in [1.807, 2.05) is 86.6 Å². The molecule has 0 unspecified atom stereocenters. The zero-order chi connectivity index (χ0) is 22.5. The van der Waals surface area contributed by atoms with Crippen LogP contribution in [0.4, 0.5) is 0 Å². The fraction of sp³-hybridized carbons (Fsp3) is 0.231. The SMILES string of the molecule is CCOCCn1c(=NC(=O)C(c2ccccc2)c2ccccc2)sc2ccc(Cl)c(C)c21. The average molecular weight is 465 g/mol. The highest BCUT2D eigenvalue weighted by Gasteiger charge is 2.23. The molecular weight excluding hydrogens is 440 g/mol. The predicted octanol–water partition coefficient (Wildman–Crippen LogP) is 5.96. The summed E-state index contributed by atoms with van der Waals surface area (Å²) in [5.74, 6) is -0.657. The maximum atomic E-state index is 13.6. The molecule has 1 aromatic heterocycles. The van der Waals surface area contributed by atoms with E-state index in [-0.39, 0.29) is 5.91 Å². The summed E-state index contributed by atoms with van der Waals surface area (Å²) in [6, 6.07) is 23.5. The highest BCUT2D eigenvalue weighted by Crippen LogP contribution is 2.28. The van der Waals surface area contributed by atoms with Gasteiger partial charge in [-0.2, -0.15) is 4.99 Å². The summed E-state index contributed by atoms with van der Waals surface area (Å²) < 4.78 is 8.70. The van der Waals surface area contributed by atoms with Gasteiger partial charge in [0.2, 0.25) is 0 Å². The summed E-state index contributed by atoms with van der Waals surface area (Å²) in [7, 11) is 0. The van der Waals surface area contributed by atoms with Gasteiger partial charge in [0.05, 0.1) is 22.7 Å². The number of aryl methyl sites for hydroxylation is 1. The number of aromatic nitrogens is 1. The molecule has 4 nitrogen and oxygen atoms in total. The third kappa shape index (κ3) is 4.70. The van der Waals surface area contributed by atoms with Crippen molar-refractivity contribution in [1.29, 1.82) is 0 Å². The molecule has 0 atom stereocenters. The minimum absolute atomic E-state index is 0.192. The van der Waals surface area contributed by atoms with Crippen LogP contribution in [0.15, 0.2) is 77.8 Å². The highest BCUT2D eigenvalue weighted by molar-refractivity contribution is 7.16. The van der Waals surface area contributed by atoms with E-state index in [0.29, 0.717) is 29.6 Å². The van der Waals surface area contributed by atoms with E-state index in [9.17, 15) is 4.79 Å². The largest absolute Gasteiger partial charge is 0.380 e. The number of thiazole rings is 1. The van der Waals surface area contributed by atoms with Gasteiger partial charge in [-0.1, -0.05) is 83.6 Å². The van der Waals surface area contributed by atoms with Gasteiger partial charge >= 0.3 is 0 Å². The molecule has 4 aromatic rings. The van der Waals surface area contributed by atoms with Crippen LogP contribution < -0.4 is 4.80 Å². The monoisotopic (exact) mass is 464 g/mol. The van der Waals surface area contributed by atoms with E-state index in [2.05, 4.69) is 9.56 Å². The van der Waals surface area contributed by atoms with Crippen molar-refractivity contribution < 1.29 is 9.53 Å². The number of carbonyl (C=O) groups excluding carboxylic acids is 1. The minimum Gasteiger partial charge on any atom is -0.380 e. The van der Waals surface area contributed by atoms with Crippen molar-refractivity contribution in [3.05, 3.63) is 99.3 Å². The van der Waals surface area contributed by atoms with E-state index in [0.717, 1.165) is 26.9 Å². The smallest absolute Gasteiger partial charge is 0.260 e. The van der Waals surface area contributed by atoms with Crippen molar-refractivity contribution in [3.63, 3.8) is 0 Å². The quantitative estimate of drug-likeness (QED) is 0.317. The van der Waals surface area contributed by atoms with Crippen LogP contribution in [-0.2, 0) is 16.1 Å². The fourth-order valence-corrected chi connectivity index (χ4v) is 5.11. The van der Waals surface area contributed by atoms with Crippen molar-refractivity contribution in [2.75, 3.05) is 13.2 Å². The summed E-state index contributed by atoms with van der Waals surface area (Å²) in [6.45, 7) is 5.74. The maximum absolute atomic E-state index is 13.6. The number of amides is 1. The molecule has 0 radical (unpaired) electrons. The topological polar surface area (TPSA) is 43.6 Å². The Bertz CT molecular complexity index is 1240. The normalized spacial score (nSPS) is 12.1. The lowest BCUT2D eigenvalue weighted by atomic mass is 9.91. The van der Waals surface area contributed by atoms with Gasteiger partial charge in [0, 0.05) is 18.2 Å². The van der Waals surface area contributed by atoms with Gasteiger partial charge in [-0.25, -0.2) is 0 Å². The molecule has 0 spiro atoms.